The molecule has 2 N–H and O–H groups in total. The monoisotopic (exact) mass is 606 g/mol. The van der Waals surface area contributed by atoms with Gasteiger partial charge in [0, 0.05) is 30.2 Å². The molecule has 2 aromatic rings. The van der Waals surface area contributed by atoms with E-state index in [2.05, 4.69) is 10.6 Å². The number of nitrogens with zero attached hydrogens (tertiary/aromatic N) is 2. The Hall–Kier alpha value is -2.68. The highest BCUT2D eigenvalue weighted by Gasteiger charge is 2.33. The van der Waals surface area contributed by atoms with Crippen molar-refractivity contribution in [1.29, 1.82) is 5.26 Å². The fraction of sp³-hybridized carbons (Fsp3) is 0.464. The van der Waals surface area contributed by atoms with Gasteiger partial charge in [0.05, 0.1) is 29.4 Å². The molecule has 1 saturated carbocycles. The summed E-state index contributed by atoms with van der Waals surface area (Å²) in [6.07, 6.45) is 5.25. The second-order valence-corrected chi connectivity index (χ2v) is 12.9. The van der Waals surface area contributed by atoms with Crippen LogP contribution in [0.25, 0.3) is 0 Å². The molecule has 0 spiro atoms. The average Bonchev–Trinajstić information content (AvgIpc) is 2.96. The van der Waals surface area contributed by atoms with Gasteiger partial charge >= 0.3 is 0 Å². The highest BCUT2D eigenvalue weighted by molar-refractivity contribution is 7.89. The van der Waals surface area contributed by atoms with Gasteiger partial charge in [-0.3, -0.25) is 9.59 Å². The lowest BCUT2D eigenvalue weighted by Gasteiger charge is -2.33. The number of rotatable bonds is 9. The fourth-order valence-corrected chi connectivity index (χ4v) is 7.36. The van der Waals surface area contributed by atoms with E-state index in [9.17, 15) is 23.3 Å². The molecule has 2 amide bonds. The van der Waals surface area contributed by atoms with Crippen molar-refractivity contribution in [3.63, 3.8) is 0 Å². The summed E-state index contributed by atoms with van der Waals surface area (Å²) in [4.78, 5) is 26.3. The summed E-state index contributed by atoms with van der Waals surface area (Å²) in [5.74, 6) is -0.482. The smallest absolute Gasteiger partial charge is 0.251 e. The molecule has 1 aliphatic carbocycles. The highest BCUT2D eigenvalue weighted by atomic mass is 35.5. The molecule has 1 unspecified atom stereocenters. The van der Waals surface area contributed by atoms with Crippen molar-refractivity contribution < 1.29 is 22.7 Å². The quantitative estimate of drug-likeness (QED) is 0.441. The Balaban J connectivity index is 1.41. The molecular formula is C28H32Cl2N4O5S. The Morgan fingerprint density at radius 3 is 2.62 bits per heavy atom. The molecular weight excluding hydrogens is 575 g/mol. The number of halogens is 2. The maximum absolute atomic E-state index is 13.3. The van der Waals surface area contributed by atoms with Gasteiger partial charge in [0.2, 0.25) is 15.9 Å². The van der Waals surface area contributed by atoms with Crippen LogP contribution in [-0.4, -0.2) is 62.9 Å². The zero-order valence-electron chi connectivity index (χ0n) is 21.9. The Labute approximate surface area is 244 Å². The molecule has 9 nitrogen and oxygen atoms in total. The number of amides is 2. The number of nitrogens with one attached hydrogen (secondary N) is 2. The molecule has 2 atom stereocenters. The number of benzene rings is 2. The molecule has 0 bridgehead atoms. The first-order chi connectivity index (χ1) is 19.2. The van der Waals surface area contributed by atoms with Crippen molar-refractivity contribution in [1.82, 2.24) is 14.9 Å². The first kappa shape index (κ1) is 30.3. The predicted octanol–water partition coefficient (Wildman–Crippen LogP) is 4.14. The van der Waals surface area contributed by atoms with Crippen LogP contribution in [0.5, 0.6) is 0 Å². The molecule has 2 aromatic carbocycles. The van der Waals surface area contributed by atoms with E-state index in [0.29, 0.717) is 28.5 Å². The van der Waals surface area contributed by atoms with Gasteiger partial charge in [-0.05, 0) is 48.7 Å². The molecule has 2 aliphatic rings. The number of carbonyl (C=O) groups excluding carboxylic acids is 2. The van der Waals surface area contributed by atoms with Gasteiger partial charge in [-0.2, -0.15) is 9.57 Å². The summed E-state index contributed by atoms with van der Waals surface area (Å²) in [5, 5.41) is 15.2. The van der Waals surface area contributed by atoms with Crippen LogP contribution in [-0.2, 0) is 19.6 Å². The van der Waals surface area contributed by atoms with Crippen molar-refractivity contribution in [3.8, 4) is 6.07 Å². The normalized spacial score (nSPS) is 19.4. The Kier molecular flexibility index (Phi) is 10.4. The summed E-state index contributed by atoms with van der Waals surface area (Å²) in [5.41, 5.74) is 0.660. The molecule has 0 aromatic heterocycles. The fourth-order valence-electron chi connectivity index (χ4n) is 5.15. The SMILES string of the molecule is N#Cc1cccc(C(=O)N[C@@H](CC2CCCCC2)C(=O)NCC2CN(S(=O)(=O)c3ccc(Cl)cc3Cl)CCO2)c1. The van der Waals surface area contributed by atoms with Crippen LogP contribution in [0.15, 0.2) is 47.4 Å². The van der Waals surface area contributed by atoms with E-state index in [0.717, 1.165) is 25.7 Å². The minimum atomic E-state index is -3.90. The minimum absolute atomic E-state index is 0.0299. The summed E-state index contributed by atoms with van der Waals surface area (Å²) in [7, 11) is -3.90. The molecule has 12 heteroatoms. The van der Waals surface area contributed by atoms with Gasteiger partial charge in [-0.1, -0.05) is 61.4 Å². The number of hydrogen-bond donors (Lipinski definition) is 2. The van der Waals surface area contributed by atoms with E-state index in [4.69, 9.17) is 27.9 Å². The van der Waals surface area contributed by atoms with Crippen molar-refractivity contribution in [2.24, 2.45) is 5.92 Å². The zero-order valence-corrected chi connectivity index (χ0v) is 24.3. The van der Waals surface area contributed by atoms with Crippen LogP contribution in [0.1, 0.15) is 54.4 Å². The third-order valence-electron chi connectivity index (χ3n) is 7.29. The standard InChI is InChI=1S/C28H32Cl2N4O5S/c29-22-9-10-26(24(30)15-22)40(37,38)34-11-12-39-23(18-34)17-32-28(36)25(14-19-5-2-1-3-6-19)33-27(35)21-8-4-7-20(13-21)16-31/h4,7-10,13,15,19,23,25H,1-3,5-6,11-12,14,17-18H2,(H,32,36)(H,33,35)/t23?,25-/m0/s1. The lowest BCUT2D eigenvalue weighted by Crippen LogP contribution is -2.53. The average molecular weight is 608 g/mol. The zero-order chi connectivity index (χ0) is 28.7. The number of nitriles is 1. The van der Waals surface area contributed by atoms with Gasteiger partial charge in [0.25, 0.3) is 5.91 Å². The molecule has 1 aliphatic heterocycles. The Morgan fingerprint density at radius 2 is 1.90 bits per heavy atom. The molecule has 40 heavy (non-hydrogen) atoms. The van der Waals surface area contributed by atoms with Crippen LogP contribution in [0.2, 0.25) is 10.0 Å². The number of ether oxygens (including phenoxy) is 1. The molecule has 2 fully saturated rings. The minimum Gasteiger partial charge on any atom is -0.374 e. The predicted molar refractivity (Wildman–Crippen MR) is 152 cm³/mol. The van der Waals surface area contributed by atoms with E-state index in [1.807, 2.05) is 6.07 Å². The molecule has 0 radical (unpaired) electrons. The van der Waals surface area contributed by atoms with Crippen LogP contribution < -0.4 is 10.6 Å². The maximum atomic E-state index is 13.3. The van der Waals surface area contributed by atoms with Gasteiger partial charge in [-0.25, -0.2) is 8.42 Å². The van der Waals surface area contributed by atoms with E-state index < -0.39 is 28.1 Å². The second-order valence-electron chi connectivity index (χ2n) is 10.1. The highest BCUT2D eigenvalue weighted by Crippen LogP contribution is 2.29. The molecule has 214 valence electrons. The lowest BCUT2D eigenvalue weighted by atomic mass is 9.84. The van der Waals surface area contributed by atoms with E-state index in [1.165, 1.54) is 35.0 Å². The molecule has 4 rings (SSSR count). The van der Waals surface area contributed by atoms with Crippen molar-refractivity contribution >= 4 is 45.0 Å². The van der Waals surface area contributed by atoms with Gasteiger partial charge < -0.3 is 15.4 Å². The number of morpholine rings is 1. The number of carbonyl (C=O) groups is 2. The second kappa shape index (κ2) is 13.8. The van der Waals surface area contributed by atoms with Crippen molar-refractivity contribution in [3.05, 3.63) is 63.6 Å². The van der Waals surface area contributed by atoms with E-state index in [-0.39, 0.29) is 42.1 Å². The lowest BCUT2D eigenvalue weighted by molar-refractivity contribution is -0.124. The topological polar surface area (TPSA) is 129 Å². The van der Waals surface area contributed by atoms with Crippen LogP contribution in [0.4, 0.5) is 0 Å². The molecule has 1 saturated heterocycles. The largest absolute Gasteiger partial charge is 0.374 e. The van der Waals surface area contributed by atoms with Crippen LogP contribution in [0, 0.1) is 17.2 Å². The molecule has 1 heterocycles. The van der Waals surface area contributed by atoms with Gasteiger partial charge in [0.15, 0.2) is 0 Å². The number of sulfonamides is 1. The third kappa shape index (κ3) is 7.74. The van der Waals surface area contributed by atoms with Gasteiger partial charge in [-0.15, -0.1) is 0 Å². The first-order valence-electron chi connectivity index (χ1n) is 13.3. The summed E-state index contributed by atoms with van der Waals surface area (Å²) in [6.45, 7) is 0.401. The summed E-state index contributed by atoms with van der Waals surface area (Å²) >= 11 is 12.1. The van der Waals surface area contributed by atoms with E-state index >= 15 is 0 Å². The van der Waals surface area contributed by atoms with Gasteiger partial charge in [0.1, 0.15) is 10.9 Å². The summed E-state index contributed by atoms with van der Waals surface area (Å²) in [6, 6.07) is 11.8. The van der Waals surface area contributed by atoms with Crippen molar-refractivity contribution in [2.75, 3.05) is 26.2 Å². The third-order valence-corrected chi connectivity index (χ3v) is 9.87. The van der Waals surface area contributed by atoms with E-state index in [1.54, 1.807) is 18.2 Å². The van der Waals surface area contributed by atoms with Crippen LogP contribution >= 0.6 is 23.2 Å². The number of hydrogen-bond acceptors (Lipinski definition) is 6. The maximum Gasteiger partial charge on any atom is 0.251 e. The van der Waals surface area contributed by atoms with Crippen molar-refractivity contribution in [2.45, 2.75) is 55.6 Å². The van der Waals surface area contributed by atoms with Crippen LogP contribution in [0.3, 0.4) is 0 Å². The first-order valence-corrected chi connectivity index (χ1v) is 15.5. The Morgan fingerprint density at radius 1 is 1.12 bits per heavy atom. The Bertz CT molecular complexity index is 1370. The summed E-state index contributed by atoms with van der Waals surface area (Å²) < 4.78 is 33.5.